The maximum atomic E-state index is 14.2. The molecule has 0 fully saturated rings. The van der Waals surface area contributed by atoms with Crippen LogP contribution in [0.25, 0.3) is 0 Å². The van der Waals surface area contributed by atoms with Gasteiger partial charge in [-0.2, -0.15) is 0 Å². The summed E-state index contributed by atoms with van der Waals surface area (Å²) in [4.78, 5) is 28.8. The number of sulfonamides is 1. The summed E-state index contributed by atoms with van der Waals surface area (Å²) in [6.45, 7) is 1.66. The van der Waals surface area contributed by atoms with Gasteiger partial charge in [0.05, 0.1) is 17.2 Å². The highest BCUT2D eigenvalue weighted by Crippen LogP contribution is 2.26. The Morgan fingerprint density at radius 1 is 0.837 bits per heavy atom. The predicted molar refractivity (Wildman–Crippen MR) is 164 cm³/mol. The molecule has 0 aliphatic carbocycles. The van der Waals surface area contributed by atoms with Crippen LogP contribution in [-0.2, 0) is 32.6 Å². The Balaban J connectivity index is 1.76. The van der Waals surface area contributed by atoms with Crippen LogP contribution in [0.2, 0.25) is 0 Å². The minimum Gasteiger partial charge on any atom is -0.494 e. The van der Waals surface area contributed by atoms with E-state index in [0.717, 1.165) is 27.6 Å². The van der Waals surface area contributed by atoms with Crippen molar-refractivity contribution in [3.05, 3.63) is 126 Å². The number of nitrogens with one attached hydrogen (secondary N) is 1. The molecule has 1 unspecified atom stereocenters. The van der Waals surface area contributed by atoms with Gasteiger partial charge >= 0.3 is 0 Å². The zero-order valence-corrected chi connectivity index (χ0v) is 24.8. The van der Waals surface area contributed by atoms with E-state index in [1.807, 2.05) is 67.6 Å². The first-order valence-electron chi connectivity index (χ1n) is 13.8. The number of amides is 2. The van der Waals surface area contributed by atoms with Gasteiger partial charge in [-0.3, -0.25) is 13.9 Å². The molecular formula is C33H34FN3O5S. The normalized spacial score (nSPS) is 11.8. The van der Waals surface area contributed by atoms with Crippen molar-refractivity contribution in [1.82, 2.24) is 10.2 Å². The molecule has 10 heteroatoms. The fourth-order valence-electron chi connectivity index (χ4n) is 4.64. The van der Waals surface area contributed by atoms with E-state index in [2.05, 4.69) is 5.32 Å². The summed E-state index contributed by atoms with van der Waals surface area (Å²) in [6.07, 6.45) is 0.210. The Labute approximate surface area is 251 Å². The molecule has 4 rings (SSSR count). The molecule has 4 aromatic rings. The number of halogens is 1. The van der Waals surface area contributed by atoms with Crippen LogP contribution >= 0.6 is 0 Å². The van der Waals surface area contributed by atoms with Gasteiger partial charge in [-0.25, -0.2) is 12.8 Å². The van der Waals surface area contributed by atoms with Gasteiger partial charge < -0.3 is 15.0 Å². The summed E-state index contributed by atoms with van der Waals surface area (Å²) in [7, 11) is -2.81. The summed E-state index contributed by atoms with van der Waals surface area (Å²) in [6, 6.07) is 28.2. The Kier molecular flexibility index (Phi) is 10.5. The molecule has 0 saturated heterocycles. The number of carbonyl (C=O) groups is 2. The Hall–Kier alpha value is -4.70. The Bertz CT molecular complexity index is 1600. The van der Waals surface area contributed by atoms with E-state index >= 15 is 0 Å². The molecule has 0 aromatic heterocycles. The van der Waals surface area contributed by atoms with Gasteiger partial charge in [0.1, 0.15) is 24.2 Å². The van der Waals surface area contributed by atoms with Gasteiger partial charge in [0.2, 0.25) is 11.8 Å². The average Bonchev–Trinajstić information content (AvgIpc) is 3.03. The SMILES string of the molecule is CCOc1ccc(S(=O)(=O)N(CC(=O)N(Cc2ccccc2)C(Cc2ccccc2)C(=O)NC)c2ccc(F)cc2)cc1. The molecule has 0 aliphatic rings. The summed E-state index contributed by atoms with van der Waals surface area (Å²) in [5.41, 5.74) is 1.70. The average molecular weight is 604 g/mol. The molecule has 0 bridgehead atoms. The van der Waals surface area contributed by atoms with Crippen molar-refractivity contribution in [3.63, 3.8) is 0 Å². The van der Waals surface area contributed by atoms with Crippen molar-refractivity contribution in [2.75, 3.05) is 24.5 Å². The highest BCUT2D eigenvalue weighted by Gasteiger charge is 2.34. The summed E-state index contributed by atoms with van der Waals surface area (Å²) >= 11 is 0. The van der Waals surface area contributed by atoms with E-state index < -0.39 is 40.2 Å². The lowest BCUT2D eigenvalue weighted by molar-refractivity contribution is -0.139. The molecule has 1 N–H and O–H groups in total. The number of anilines is 1. The molecule has 8 nitrogen and oxygen atoms in total. The predicted octanol–water partition coefficient (Wildman–Crippen LogP) is 4.81. The molecule has 0 saturated carbocycles. The van der Waals surface area contributed by atoms with E-state index in [0.29, 0.717) is 12.4 Å². The van der Waals surface area contributed by atoms with Crippen molar-refractivity contribution in [1.29, 1.82) is 0 Å². The maximum Gasteiger partial charge on any atom is 0.264 e. The van der Waals surface area contributed by atoms with Crippen LogP contribution < -0.4 is 14.4 Å². The van der Waals surface area contributed by atoms with Crippen LogP contribution in [0, 0.1) is 5.82 Å². The van der Waals surface area contributed by atoms with Gasteiger partial charge in [-0.1, -0.05) is 60.7 Å². The number of ether oxygens (including phenoxy) is 1. The van der Waals surface area contributed by atoms with Gasteiger partial charge in [0.15, 0.2) is 0 Å². The largest absolute Gasteiger partial charge is 0.494 e. The minimum atomic E-state index is -4.30. The highest BCUT2D eigenvalue weighted by molar-refractivity contribution is 7.92. The zero-order chi connectivity index (χ0) is 30.8. The Morgan fingerprint density at radius 3 is 1.98 bits per heavy atom. The number of hydrogen-bond donors (Lipinski definition) is 1. The van der Waals surface area contributed by atoms with Crippen LogP contribution in [-0.4, -0.2) is 51.4 Å². The second-order valence-corrected chi connectivity index (χ2v) is 11.6. The van der Waals surface area contributed by atoms with Crippen molar-refractivity contribution in [2.45, 2.75) is 30.8 Å². The molecule has 4 aromatic carbocycles. The number of hydrogen-bond acceptors (Lipinski definition) is 5. The second-order valence-electron chi connectivity index (χ2n) is 9.72. The van der Waals surface area contributed by atoms with E-state index in [9.17, 15) is 22.4 Å². The molecular weight excluding hydrogens is 569 g/mol. The number of likely N-dealkylation sites (N-methyl/N-ethyl adjacent to an activating group) is 1. The van der Waals surface area contributed by atoms with E-state index in [1.54, 1.807) is 0 Å². The van der Waals surface area contributed by atoms with Gasteiger partial charge in [0, 0.05) is 20.0 Å². The summed E-state index contributed by atoms with van der Waals surface area (Å²) in [5, 5.41) is 2.65. The lowest BCUT2D eigenvalue weighted by atomic mass is 10.0. The van der Waals surface area contributed by atoms with E-state index in [1.165, 1.54) is 48.3 Å². The summed E-state index contributed by atoms with van der Waals surface area (Å²) < 4.78 is 48.2. The third kappa shape index (κ3) is 7.98. The smallest absolute Gasteiger partial charge is 0.264 e. The first kappa shape index (κ1) is 31.2. The van der Waals surface area contributed by atoms with Crippen molar-refractivity contribution in [3.8, 4) is 5.75 Å². The molecule has 0 aliphatic heterocycles. The third-order valence-corrected chi connectivity index (χ3v) is 8.62. The molecule has 0 heterocycles. The van der Waals surface area contributed by atoms with Crippen molar-refractivity contribution in [2.24, 2.45) is 0 Å². The highest BCUT2D eigenvalue weighted by atomic mass is 32.2. The molecule has 2 amide bonds. The number of benzene rings is 4. The lowest BCUT2D eigenvalue weighted by Crippen LogP contribution is -2.53. The van der Waals surface area contributed by atoms with Gasteiger partial charge in [-0.15, -0.1) is 0 Å². The summed E-state index contributed by atoms with van der Waals surface area (Å²) in [5.74, 6) is -1.06. The maximum absolute atomic E-state index is 14.2. The van der Waals surface area contributed by atoms with Crippen LogP contribution in [0.3, 0.4) is 0 Å². The van der Waals surface area contributed by atoms with Crippen molar-refractivity contribution >= 4 is 27.5 Å². The van der Waals surface area contributed by atoms with Crippen LogP contribution in [0.1, 0.15) is 18.1 Å². The van der Waals surface area contributed by atoms with Crippen LogP contribution in [0.15, 0.2) is 114 Å². The standard InChI is InChI=1S/C33H34FN3O5S/c1-3-42-29-18-20-30(21-19-29)43(40,41)37(28-16-14-27(34)15-17-28)24-32(38)36(23-26-12-8-5-9-13-26)31(33(39)35-2)22-25-10-6-4-7-11-25/h4-21,31H,3,22-24H2,1-2H3,(H,35,39). The second kappa shape index (κ2) is 14.5. The first-order valence-corrected chi connectivity index (χ1v) is 15.3. The van der Waals surface area contributed by atoms with E-state index in [4.69, 9.17) is 4.74 Å². The zero-order valence-electron chi connectivity index (χ0n) is 24.0. The van der Waals surface area contributed by atoms with E-state index in [-0.39, 0.29) is 23.5 Å². The fraction of sp³-hybridized carbons (Fsp3) is 0.212. The number of rotatable bonds is 13. The van der Waals surface area contributed by atoms with Gasteiger partial charge in [0.25, 0.3) is 10.0 Å². The lowest BCUT2D eigenvalue weighted by Gasteiger charge is -2.33. The van der Waals surface area contributed by atoms with Crippen molar-refractivity contribution < 1.29 is 27.1 Å². The van der Waals surface area contributed by atoms with Gasteiger partial charge in [-0.05, 0) is 66.6 Å². The molecule has 224 valence electrons. The molecule has 0 radical (unpaired) electrons. The molecule has 0 spiro atoms. The quantitative estimate of drug-likeness (QED) is 0.237. The number of nitrogens with zero attached hydrogens (tertiary/aromatic N) is 2. The number of carbonyl (C=O) groups excluding carboxylic acids is 2. The molecule has 43 heavy (non-hydrogen) atoms. The van der Waals surface area contributed by atoms with Crippen LogP contribution in [0.5, 0.6) is 5.75 Å². The van der Waals surface area contributed by atoms with Crippen LogP contribution in [0.4, 0.5) is 10.1 Å². The third-order valence-electron chi connectivity index (χ3n) is 6.83. The Morgan fingerprint density at radius 2 is 1.42 bits per heavy atom. The first-order chi connectivity index (χ1) is 20.7. The topological polar surface area (TPSA) is 96.0 Å². The monoisotopic (exact) mass is 603 g/mol. The molecule has 1 atom stereocenters. The fourth-order valence-corrected chi connectivity index (χ4v) is 6.05. The minimum absolute atomic E-state index is 0.0605.